The number of hydrogen-bond acceptors (Lipinski definition) is 3. The molecule has 3 nitrogen and oxygen atoms in total. The summed E-state index contributed by atoms with van der Waals surface area (Å²) in [5, 5.41) is 0. The Kier molecular flexibility index (Phi) is 6.61. The van der Waals surface area contributed by atoms with Crippen LogP contribution in [0.3, 0.4) is 0 Å². The molecular weight excluding hydrogens is 355 g/mol. The normalized spacial score (nSPS) is 21.8. The predicted molar refractivity (Wildman–Crippen MR) is 98.3 cm³/mol. The van der Waals surface area contributed by atoms with Gasteiger partial charge in [0.25, 0.3) is 6.43 Å². The molecule has 0 aliphatic carbocycles. The second kappa shape index (κ2) is 9.13. The van der Waals surface area contributed by atoms with Gasteiger partial charge in [-0.3, -0.25) is 4.90 Å². The first kappa shape index (κ1) is 19.5. The number of ether oxygens (including phenoxy) is 2. The van der Waals surface area contributed by atoms with Crippen molar-refractivity contribution in [2.45, 2.75) is 25.1 Å². The highest BCUT2D eigenvalue weighted by Gasteiger charge is 2.36. The van der Waals surface area contributed by atoms with E-state index >= 15 is 0 Å². The van der Waals surface area contributed by atoms with Crippen molar-refractivity contribution in [1.29, 1.82) is 0 Å². The fourth-order valence-corrected chi connectivity index (χ4v) is 3.63. The smallest absolute Gasteiger partial charge is 0.282 e. The lowest BCUT2D eigenvalue weighted by Gasteiger charge is -2.39. The minimum absolute atomic E-state index is 0.0831. The summed E-state index contributed by atoms with van der Waals surface area (Å²) in [5.74, 6) is 1.46. The Morgan fingerprint density at radius 3 is 2.30 bits per heavy atom. The topological polar surface area (TPSA) is 21.7 Å². The van der Waals surface area contributed by atoms with Gasteiger partial charge < -0.3 is 9.47 Å². The van der Waals surface area contributed by atoms with Crippen LogP contribution in [0.15, 0.2) is 54.6 Å². The van der Waals surface area contributed by atoms with Crippen LogP contribution in [-0.2, 0) is 0 Å². The average Bonchev–Trinajstić information content (AvgIpc) is 2.72. The van der Waals surface area contributed by atoms with E-state index in [0.29, 0.717) is 25.3 Å². The van der Waals surface area contributed by atoms with E-state index in [1.807, 2.05) is 30.3 Å². The molecule has 2 aromatic rings. The van der Waals surface area contributed by atoms with Crippen LogP contribution in [0, 0.1) is 5.92 Å². The Balaban J connectivity index is 1.72. The quantitative estimate of drug-likeness (QED) is 0.649. The van der Waals surface area contributed by atoms with Gasteiger partial charge in [0.15, 0.2) is 0 Å². The first-order valence-corrected chi connectivity index (χ1v) is 9.06. The lowest BCUT2D eigenvalue weighted by atomic mass is 9.81. The third-order valence-corrected chi connectivity index (χ3v) is 5.07. The Bertz CT molecular complexity index is 696. The molecule has 3 unspecified atom stereocenters. The van der Waals surface area contributed by atoms with E-state index in [1.54, 1.807) is 31.4 Å². The average molecular weight is 379 g/mol. The molecule has 1 heterocycles. The van der Waals surface area contributed by atoms with Crippen LogP contribution >= 0.6 is 0 Å². The zero-order valence-corrected chi connectivity index (χ0v) is 15.2. The maximum Gasteiger partial charge on any atom is 0.282 e. The molecule has 1 aliphatic rings. The highest BCUT2D eigenvalue weighted by Crippen LogP contribution is 2.35. The number of piperidine rings is 1. The molecule has 0 bridgehead atoms. The largest absolute Gasteiger partial charge is 0.497 e. The van der Waals surface area contributed by atoms with Crippen molar-refractivity contribution in [1.82, 2.24) is 4.90 Å². The van der Waals surface area contributed by atoms with Crippen LogP contribution in [0.1, 0.15) is 17.9 Å². The maximum atomic E-state index is 13.9. The van der Waals surface area contributed by atoms with Crippen LogP contribution in [0.2, 0.25) is 0 Å². The minimum atomic E-state index is -3.00. The van der Waals surface area contributed by atoms with Crippen LogP contribution in [-0.4, -0.2) is 44.4 Å². The number of benzene rings is 2. The molecule has 1 saturated heterocycles. The predicted octanol–water partition coefficient (Wildman–Crippen LogP) is 4.74. The van der Waals surface area contributed by atoms with Crippen molar-refractivity contribution < 1.29 is 22.6 Å². The molecule has 0 spiro atoms. The van der Waals surface area contributed by atoms with Gasteiger partial charge in [0, 0.05) is 19.0 Å². The van der Waals surface area contributed by atoms with E-state index in [0.717, 1.165) is 11.3 Å². The number of likely N-dealkylation sites (tertiary alicyclic amines) is 1. The number of methoxy groups -OCH3 is 1. The third-order valence-electron chi connectivity index (χ3n) is 5.07. The Hall–Kier alpha value is -2.21. The first-order valence-electron chi connectivity index (χ1n) is 9.06. The monoisotopic (exact) mass is 379 g/mol. The molecule has 3 atom stereocenters. The fourth-order valence-electron chi connectivity index (χ4n) is 3.63. The lowest BCUT2D eigenvalue weighted by Crippen LogP contribution is -2.47. The number of hydrogen-bond donors (Lipinski definition) is 0. The summed E-state index contributed by atoms with van der Waals surface area (Å²) in [7, 11) is 1.59. The minimum Gasteiger partial charge on any atom is -0.497 e. The van der Waals surface area contributed by atoms with Crippen molar-refractivity contribution in [2.24, 2.45) is 5.92 Å². The molecule has 0 N–H and O–H groups in total. The molecule has 2 aromatic carbocycles. The highest BCUT2D eigenvalue weighted by atomic mass is 19.3. The summed E-state index contributed by atoms with van der Waals surface area (Å²) < 4.78 is 50.5. The molecule has 6 heteroatoms. The van der Waals surface area contributed by atoms with Gasteiger partial charge in [-0.2, -0.15) is 0 Å². The summed E-state index contributed by atoms with van der Waals surface area (Å²) in [6, 6.07) is 17.1. The van der Waals surface area contributed by atoms with Crippen molar-refractivity contribution in [3.8, 4) is 11.5 Å². The molecule has 0 aromatic heterocycles. The van der Waals surface area contributed by atoms with E-state index in [2.05, 4.69) is 0 Å². The Labute approximate surface area is 157 Å². The SMILES string of the molecule is COc1ccc(OCC2CN(C(F)C(F)F)CCC2c2ccccc2)cc1. The van der Waals surface area contributed by atoms with Crippen LogP contribution < -0.4 is 9.47 Å². The number of rotatable bonds is 7. The van der Waals surface area contributed by atoms with E-state index in [1.165, 1.54) is 4.90 Å². The Morgan fingerprint density at radius 1 is 1.00 bits per heavy atom. The van der Waals surface area contributed by atoms with Gasteiger partial charge in [-0.15, -0.1) is 0 Å². The summed E-state index contributed by atoms with van der Waals surface area (Å²) in [6.07, 6.45) is -4.61. The van der Waals surface area contributed by atoms with E-state index < -0.39 is 12.7 Å². The van der Waals surface area contributed by atoms with Crippen molar-refractivity contribution in [3.63, 3.8) is 0 Å². The van der Waals surface area contributed by atoms with E-state index in [4.69, 9.17) is 9.47 Å². The zero-order valence-electron chi connectivity index (χ0n) is 15.2. The van der Waals surface area contributed by atoms with Crippen molar-refractivity contribution >= 4 is 0 Å². The highest BCUT2D eigenvalue weighted by molar-refractivity contribution is 5.31. The van der Waals surface area contributed by atoms with Gasteiger partial charge in [-0.1, -0.05) is 30.3 Å². The Morgan fingerprint density at radius 2 is 1.67 bits per heavy atom. The van der Waals surface area contributed by atoms with Crippen molar-refractivity contribution in [3.05, 3.63) is 60.2 Å². The molecule has 0 amide bonds. The molecule has 27 heavy (non-hydrogen) atoms. The lowest BCUT2D eigenvalue weighted by molar-refractivity contribution is -0.0704. The standard InChI is InChI=1S/C21H24F3NO2/c1-26-17-7-9-18(10-8-17)27-14-16-13-25(21(24)20(22)23)12-11-19(16)15-5-3-2-4-6-15/h2-10,16,19-21H,11-14H2,1H3. The van der Waals surface area contributed by atoms with Crippen LogP contribution in [0.5, 0.6) is 11.5 Å². The van der Waals surface area contributed by atoms with Crippen molar-refractivity contribution in [2.75, 3.05) is 26.8 Å². The molecule has 146 valence electrons. The fraction of sp³-hybridized carbons (Fsp3) is 0.429. The van der Waals surface area contributed by atoms with Gasteiger partial charge in [0.1, 0.15) is 11.5 Å². The van der Waals surface area contributed by atoms with Crippen LogP contribution in [0.25, 0.3) is 0 Å². The summed E-state index contributed by atoms with van der Waals surface area (Å²) >= 11 is 0. The van der Waals surface area contributed by atoms with Gasteiger partial charge in [-0.05, 0) is 42.2 Å². The number of halogens is 3. The van der Waals surface area contributed by atoms with Gasteiger partial charge in [-0.25, -0.2) is 13.2 Å². The van der Waals surface area contributed by atoms with Gasteiger partial charge in [0.2, 0.25) is 6.30 Å². The van der Waals surface area contributed by atoms with Gasteiger partial charge >= 0.3 is 0 Å². The molecule has 0 saturated carbocycles. The summed E-state index contributed by atoms with van der Waals surface area (Å²) in [4.78, 5) is 1.23. The van der Waals surface area contributed by atoms with E-state index in [9.17, 15) is 13.2 Å². The van der Waals surface area contributed by atoms with E-state index in [-0.39, 0.29) is 18.4 Å². The van der Waals surface area contributed by atoms with Gasteiger partial charge in [0.05, 0.1) is 13.7 Å². The molecule has 0 radical (unpaired) electrons. The zero-order chi connectivity index (χ0) is 19.2. The van der Waals surface area contributed by atoms with Crippen LogP contribution in [0.4, 0.5) is 13.2 Å². The number of alkyl halides is 3. The number of nitrogens with zero attached hydrogens (tertiary/aromatic N) is 1. The second-order valence-corrected chi connectivity index (χ2v) is 6.75. The first-order chi connectivity index (χ1) is 13.1. The summed E-state index contributed by atoms with van der Waals surface area (Å²) in [5.41, 5.74) is 1.13. The molecular formula is C21H24F3NO2. The summed E-state index contributed by atoms with van der Waals surface area (Å²) in [6.45, 7) is 0.879. The molecule has 1 fully saturated rings. The third kappa shape index (κ3) is 4.95. The molecule has 3 rings (SSSR count). The second-order valence-electron chi connectivity index (χ2n) is 6.75. The molecule has 1 aliphatic heterocycles. The maximum absolute atomic E-state index is 13.9.